The van der Waals surface area contributed by atoms with Gasteiger partial charge in [0.15, 0.2) is 5.82 Å². The van der Waals surface area contributed by atoms with Crippen LogP contribution in [0.4, 0.5) is 20.7 Å². The zero-order valence-electron chi connectivity index (χ0n) is 23.3. The Kier molecular flexibility index (Phi) is 7.71. The van der Waals surface area contributed by atoms with Crippen molar-refractivity contribution in [2.24, 2.45) is 4.99 Å². The molecule has 1 aromatic carbocycles. The molecule has 0 radical (unpaired) electrons. The number of carbonyl (C=O) groups is 1. The summed E-state index contributed by atoms with van der Waals surface area (Å²) in [5.74, 6) is -0.283. The van der Waals surface area contributed by atoms with E-state index >= 15 is 4.39 Å². The average Bonchev–Trinajstić information content (AvgIpc) is 2.87. The molecule has 0 fully saturated rings. The lowest BCUT2D eigenvalue weighted by molar-refractivity contribution is 0.0561. The molecule has 10 nitrogen and oxygen atoms in total. The fourth-order valence-electron chi connectivity index (χ4n) is 4.45. The molecule has 3 aromatic rings. The Hall–Kier alpha value is -3.16. The molecule has 1 aliphatic rings. The Bertz CT molecular complexity index is 1620. The van der Waals surface area contributed by atoms with Crippen LogP contribution in [0.1, 0.15) is 47.1 Å². The highest BCUT2D eigenvalue weighted by Gasteiger charge is 2.50. The fraction of sp³-hybridized carbons (Fsp3) is 0.407. The summed E-state index contributed by atoms with van der Waals surface area (Å²) < 4.78 is 48.2. The van der Waals surface area contributed by atoms with E-state index in [2.05, 4.69) is 36.5 Å². The highest BCUT2D eigenvalue weighted by molar-refractivity contribution is 9.10. The average molecular weight is 636 g/mol. The molecule has 3 heterocycles. The zero-order valence-corrected chi connectivity index (χ0v) is 25.7. The summed E-state index contributed by atoms with van der Waals surface area (Å²) in [6.07, 6.45) is 2.43. The lowest BCUT2D eigenvalue weighted by Gasteiger charge is -2.30. The lowest BCUT2D eigenvalue weighted by atomic mass is 9.91. The van der Waals surface area contributed by atoms with Crippen molar-refractivity contribution >= 4 is 60.3 Å². The zero-order chi connectivity index (χ0) is 29.7. The van der Waals surface area contributed by atoms with Gasteiger partial charge in [0.25, 0.3) is 0 Å². The van der Waals surface area contributed by atoms with Gasteiger partial charge in [-0.05, 0) is 87.8 Å². The number of carbonyl (C=O) groups excluding carboxylic acids is 1. The second kappa shape index (κ2) is 10.3. The number of aromatic nitrogens is 2. The minimum absolute atomic E-state index is 0.122. The summed E-state index contributed by atoms with van der Waals surface area (Å²) in [7, 11) is -2.61. The monoisotopic (exact) mass is 634 g/mol. The number of pyridine rings is 2. The van der Waals surface area contributed by atoms with Gasteiger partial charge < -0.3 is 10.1 Å². The molecule has 0 bridgehead atoms. The normalized spacial score (nSPS) is 20.9. The van der Waals surface area contributed by atoms with E-state index in [9.17, 15) is 13.2 Å². The number of halogens is 2. The number of likely N-dealkylation sites (N-methyl/N-ethyl adjacent to an activating group) is 1. The minimum Gasteiger partial charge on any atom is -0.444 e. The number of alkyl carbamates (subject to hydrolysis) is 1. The van der Waals surface area contributed by atoms with Gasteiger partial charge in [0.1, 0.15) is 33.1 Å². The van der Waals surface area contributed by atoms with E-state index in [1.165, 1.54) is 27.0 Å². The molecule has 1 atom stereocenters. The number of hydrogen-bond acceptors (Lipinski definition) is 8. The Morgan fingerprint density at radius 1 is 1.15 bits per heavy atom. The maximum absolute atomic E-state index is 15.5. The number of aliphatic imine (C=N–C) groups is 1. The van der Waals surface area contributed by atoms with Crippen molar-refractivity contribution in [3.63, 3.8) is 0 Å². The van der Waals surface area contributed by atoms with Crippen LogP contribution in [0, 0.1) is 5.82 Å². The molecule has 2 aromatic heterocycles. The number of nitrogens with one attached hydrogen (secondary N) is 2. The van der Waals surface area contributed by atoms with Crippen LogP contribution in [0.3, 0.4) is 0 Å². The minimum atomic E-state index is -4.02. The Morgan fingerprint density at radius 2 is 1.85 bits per heavy atom. The van der Waals surface area contributed by atoms with E-state index in [0.29, 0.717) is 17.0 Å². The number of amidine groups is 1. The Morgan fingerprint density at radius 3 is 2.52 bits per heavy atom. The molecule has 0 unspecified atom stereocenters. The number of rotatable bonds is 3. The number of sulfonamides is 1. The van der Waals surface area contributed by atoms with Crippen LogP contribution in [0.25, 0.3) is 10.9 Å². The van der Waals surface area contributed by atoms with Crippen molar-refractivity contribution in [2.75, 3.05) is 18.9 Å². The maximum Gasteiger partial charge on any atom is 0.413 e. The first-order valence-electron chi connectivity index (χ1n) is 12.5. The van der Waals surface area contributed by atoms with Gasteiger partial charge >= 0.3 is 6.09 Å². The summed E-state index contributed by atoms with van der Waals surface area (Å²) in [4.78, 5) is 26.2. The van der Waals surface area contributed by atoms with E-state index < -0.39 is 37.8 Å². The third-order valence-corrected chi connectivity index (χ3v) is 9.38. The standard InChI is InChI=1S/C27H32BrFN6O4S/c1-25(2,3)39-24(36)33-23-26(4,5)40(37,38)35(7)15-27(6,34-23)19-13-18(8-9-20(19)29)32-22-21-16(10-11-30-22)12-17(28)14-31-21/h8-14H,15H2,1-7H3,(H,30,32)(H,33,34,36)/t27-/m0/s1. The third-order valence-electron chi connectivity index (χ3n) is 6.51. The van der Waals surface area contributed by atoms with Crippen molar-refractivity contribution in [3.05, 3.63) is 58.6 Å². The Labute approximate surface area is 241 Å². The smallest absolute Gasteiger partial charge is 0.413 e. The first-order chi connectivity index (χ1) is 18.4. The fourth-order valence-corrected chi connectivity index (χ4v) is 6.34. The van der Waals surface area contributed by atoms with Crippen LogP contribution in [-0.2, 0) is 20.3 Å². The predicted molar refractivity (Wildman–Crippen MR) is 157 cm³/mol. The Balaban J connectivity index is 1.80. The molecule has 40 heavy (non-hydrogen) atoms. The molecule has 0 spiro atoms. The first kappa shape index (κ1) is 29.8. The highest BCUT2D eigenvalue weighted by Crippen LogP contribution is 2.38. The van der Waals surface area contributed by atoms with Gasteiger partial charge in [0.2, 0.25) is 10.0 Å². The molecule has 4 rings (SSSR count). The first-order valence-corrected chi connectivity index (χ1v) is 14.7. The quantitative estimate of drug-likeness (QED) is 0.391. The van der Waals surface area contributed by atoms with Crippen LogP contribution in [0.2, 0.25) is 0 Å². The van der Waals surface area contributed by atoms with E-state index in [0.717, 1.165) is 14.2 Å². The summed E-state index contributed by atoms with van der Waals surface area (Å²) in [6, 6.07) is 8.12. The van der Waals surface area contributed by atoms with E-state index in [1.54, 1.807) is 52.2 Å². The van der Waals surface area contributed by atoms with Crippen molar-refractivity contribution in [2.45, 2.75) is 57.4 Å². The van der Waals surface area contributed by atoms with Gasteiger partial charge in [-0.2, -0.15) is 0 Å². The van der Waals surface area contributed by atoms with Crippen molar-refractivity contribution in [3.8, 4) is 0 Å². The molecule has 0 saturated carbocycles. The lowest BCUT2D eigenvalue weighted by Crippen LogP contribution is -2.53. The van der Waals surface area contributed by atoms with Gasteiger partial charge in [0, 0.05) is 47.1 Å². The second-order valence-corrected chi connectivity index (χ2v) is 14.8. The molecular formula is C27H32BrFN6O4S. The van der Waals surface area contributed by atoms with Gasteiger partial charge in [-0.15, -0.1) is 0 Å². The van der Waals surface area contributed by atoms with E-state index in [4.69, 9.17) is 9.73 Å². The van der Waals surface area contributed by atoms with Crippen molar-refractivity contribution in [1.82, 2.24) is 19.6 Å². The number of fused-ring (bicyclic) bond motifs is 1. The molecule has 214 valence electrons. The van der Waals surface area contributed by atoms with Crippen molar-refractivity contribution < 1.29 is 22.3 Å². The summed E-state index contributed by atoms with van der Waals surface area (Å²) >= 11 is 3.41. The van der Waals surface area contributed by atoms with Crippen LogP contribution in [0.15, 0.2) is 52.2 Å². The van der Waals surface area contributed by atoms with Crippen LogP contribution in [0.5, 0.6) is 0 Å². The third kappa shape index (κ3) is 5.81. The summed E-state index contributed by atoms with van der Waals surface area (Å²) in [6.45, 7) is 9.38. The molecule has 1 aliphatic heterocycles. The number of ether oxygens (including phenoxy) is 1. The second-order valence-electron chi connectivity index (χ2n) is 11.3. The van der Waals surface area contributed by atoms with E-state index in [-0.39, 0.29) is 17.9 Å². The number of benzene rings is 1. The van der Waals surface area contributed by atoms with Gasteiger partial charge in [-0.3, -0.25) is 15.3 Å². The maximum atomic E-state index is 15.5. The number of anilines is 2. The highest BCUT2D eigenvalue weighted by atomic mass is 79.9. The van der Waals surface area contributed by atoms with Gasteiger partial charge in [-0.25, -0.2) is 26.9 Å². The topological polar surface area (TPSA) is 126 Å². The molecule has 0 aliphatic carbocycles. The molecule has 13 heteroatoms. The van der Waals surface area contributed by atoms with Crippen molar-refractivity contribution in [1.29, 1.82) is 0 Å². The van der Waals surface area contributed by atoms with Gasteiger partial charge in [-0.1, -0.05) is 0 Å². The summed E-state index contributed by atoms with van der Waals surface area (Å²) in [5, 5.41) is 6.57. The summed E-state index contributed by atoms with van der Waals surface area (Å²) in [5.41, 5.74) is -1.01. The molecule has 0 saturated heterocycles. The van der Waals surface area contributed by atoms with Crippen LogP contribution in [-0.4, -0.2) is 58.6 Å². The van der Waals surface area contributed by atoms with Crippen LogP contribution < -0.4 is 10.6 Å². The predicted octanol–water partition coefficient (Wildman–Crippen LogP) is 5.47. The largest absolute Gasteiger partial charge is 0.444 e. The van der Waals surface area contributed by atoms with Gasteiger partial charge in [0.05, 0.1) is 0 Å². The number of amides is 1. The molecular weight excluding hydrogens is 603 g/mol. The number of nitrogens with zero attached hydrogens (tertiary/aromatic N) is 4. The molecule has 2 N–H and O–H groups in total. The van der Waals surface area contributed by atoms with E-state index in [1.807, 2.05) is 12.1 Å². The number of hydrogen-bond donors (Lipinski definition) is 2. The van der Waals surface area contributed by atoms with Crippen LogP contribution >= 0.6 is 15.9 Å². The SMILES string of the molecule is CN1C[C@@](C)(c2cc(Nc3nccc4cc(Br)cnc34)ccc2F)N=C(NC(=O)OC(C)(C)C)C(C)(C)S1(=O)=O. The molecule has 1 amide bonds.